The fourth-order valence-corrected chi connectivity index (χ4v) is 4.95. The molecule has 1 aliphatic carbocycles. The first-order valence-corrected chi connectivity index (χ1v) is 10.9. The first-order chi connectivity index (χ1) is 13.0. The molecule has 3 heteroatoms. The molecule has 0 spiro atoms. The van der Waals surface area contributed by atoms with Gasteiger partial charge < -0.3 is 4.74 Å². The molecule has 1 atom stereocenters. The van der Waals surface area contributed by atoms with Crippen molar-refractivity contribution in [1.29, 1.82) is 0 Å². The molecule has 2 aromatic rings. The molecule has 0 bridgehead atoms. The van der Waals surface area contributed by atoms with Crippen LogP contribution in [0.2, 0.25) is 0 Å². The van der Waals surface area contributed by atoms with Gasteiger partial charge >= 0.3 is 0 Å². The maximum atomic E-state index is 14.5. The third-order valence-electron chi connectivity index (χ3n) is 6.68. The molecule has 0 aliphatic heterocycles. The first kappa shape index (κ1) is 20.3. The summed E-state index contributed by atoms with van der Waals surface area (Å²) in [4.78, 5) is 0. The van der Waals surface area contributed by atoms with Gasteiger partial charge in [-0.2, -0.15) is 0 Å². The van der Waals surface area contributed by atoms with Gasteiger partial charge in [0.15, 0.2) is 11.6 Å². The summed E-state index contributed by atoms with van der Waals surface area (Å²) in [6.45, 7) is 7.02. The third kappa shape index (κ3) is 4.21. The highest BCUT2D eigenvalue weighted by molar-refractivity contribution is 7.28. The zero-order valence-corrected chi connectivity index (χ0v) is 18.0. The lowest BCUT2D eigenvalue weighted by Crippen LogP contribution is -2.25. The van der Waals surface area contributed by atoms with E-state index in [1.165, 1.54) is 44.1 Å². The fraction of sp³-hybridized carbons (Fsp3) is 0.500. The molecular weight excluding hydrogens is 354 g/mol. The summed E-state index contributed by atoms with van der Waals surface area (Å²) < 4.78 is 19.9. The Kier molecular flexibility index (Phi) is 6.58. The van der Waals surface area contributed by atoms with Crippen molar-refractivity contribution >= 4 is 14.5 Å². The van der Waals surface area contributed by atoms with Gasteiger partial charge in [0.05, 0.1) is 6.61 Å². The molecule has 3 rings (SSSR count). The molecule has 0 N–H and O–H groups in total. The second-order valence-corrected chi connectivity index (χ2v) is 8.45. The molecule has 0 aromatic heterocycles. The minimum atomic E-state index is -0.286. The van der Waals surface area contributed by atoms with Crippen molar-refractivity contribution in [1.82, 2.24) is 0 Å². The molecule has 1 fully saturated rings. The van der Waals surface area contributed by atoms with Crippen molar-refractivity contribution < 1.29 is 9.13 Å². The standard InChI is InChI=1S/C24H32FOP/c1-4-24(5-2)15-13-18(14-16-24)17-7-9-19(10-8-17)20-11-12-21(26-6-3)22(25)23(20)27/h7-12,18H,4-6,13-16,27H2,1-3H3. The SMILES string of the molecule is CCOc1ccc(-c2ccc(C3CCC(CC)(CC)CC3)cc2)c(P)c1F. The molecular formula is C24H32FOP. The van der Waals surface area contributed by atoms with Gasteiger partial charge in [-0.3, -0.25) is 0 Å². The number of hydrogen-bond acceptors (Lipinski definition) is 1. The van der Waals surface area contributed by atoms with E-state index in [2.05, 4.69) is 47.4 Å². The van der Waals surface area contributed by atoms with Crippen LogP contribution >= 0.6 is 9.24 Å². The van der Waals surface area contributed by atoms with Crippen molar-refractivity contribution in [3.05, 3.63) is 47.8 Å². The highest BCUT2D eigenvalue weighted by Gasteiger charge is 2.32. The predicted molar refractivity (Wildman–Crippen MR) is 117 cm³/mol. The van der Waals surface area contributed by atoms with E-state index in [-0.39, 0.29) is 5.82 Å². The smallest absolute Gasteiger partial charge is 0.172 e. The minimum absolute atomic E-state index is 0.286. The molecule has 0 saturated heterocycles. The number of hydrogen-bond donors (Lipinski definition) is 0. The van der Waals surface area contributed by atoms with E-state index in [1.807, 2.05) is 13.0 Å². The lowest BCUT2D eigenvalue weighted by Gasteiger charge is -2.39. The fourth-order valence-electron chi connectivity index (χ4n) is 4.55. The maximum Gasteiger partial charge on any atom is 0.172 e. The van der Waals surface area contributed by atoms with E-state index < -0.39 is 0 Å². The van der Waals surface area contributed by atoms with Crippen molar-refractivity contribution in [2.75, 3.05) is 6.61 Å². The van der Waals surface area contributed by atoms with Crippen molar-refractivity contribution in [2.45, 2.75) is 65.2 Å². The van der Waals surface area contributed by atoms with Gasteiger partial charge in [-0.15, -0.1) is 9.24 Å². The van der Waals surface area contributed by atoms with Crippen molar-refractivity contribution in [3.8, 4) is 16.9 Å². The van der Waals surface area contributed by atoms with Crippen LogP contribution in [0.4, 0.5) is 4.39 Å². The van der Waals surface area contributed by atoms with Gasteiger partial charge in [-0.25, -0.2) is 4.39 Å². The van der Waals surface area contributed by atoms with Crippen LogP contribution in [0.25, 0.3) is 11.1 Å². The van der Waals surface area contributed by atoms with Crippen LogP contribution < -0.4 is 10.0 Å². The third-order valence-corrected chi connectivity index (χ3v) is 7.25. The zero-order valence-electron chi connectivity index (χ0n) is 16.9. The van der Waals surface area contributed by atoms with Crippen LogP contribution in [0.5, 0.6) is 5.75 Å². The Hall–Kier alpha value is -1.40. The summed E-state index contributed by atoms with van der Waals surface area (Å²) in [5.74, 6) is 0.699. The molecule has 146 valence electrons. The minimum Gasteiger partial charge on any atom is -0.491 e. The Morgan fingerprint density at radius 1 is 1.00 bits per heavy atom. The second kappa shape index (κ2) is 8.74. The molecule has 0 radical (unpaired) electrons. The van der Waals surface area contributed by atoms with Crippen molar-refractivity contribution in [3.63, 3.8) is 0 Å². The van der Waals surface area contributed by atoms with Gasteiger partial charge in [0.2, 0.25) is 0 Å². The lowest BCUT2D eigenvalue weighted by atomic mass is 9.66. The quantitative estimate of drug-likeness (QED) is 0.493. The first-order valence-electron chi connectivity index (χ1n) is 10.3. The Labute approximate surface area is 165 Å². The number of ether oxygens (including phenoxy) is 1. The zero-order chi connectivity index (χ0) is 19.4. The monoisotopic (exact) mass is 386 g/mol. The Balaban J connectivity index is 1.76. The molecule has 1 unspecified atom stereocenters. The largest absolute Gasteiger partial charge is 0.491 e. The van der Waals surface area contributed by atoms with Crippen LogP contribution in [-0.2, 0) is 0 Å². The van der Waals surface area contributed by atoms with E-state index in [0.717, 1.165) is 11.1 Å². The predicted octanol–water partition coefficient (Wildman–Crippen LogP) is 6.86. The van der Waals surface area contributed by atoms with Gasteiger partial charge in [-0.1, -0.05) is 51.0 Å². The summed E-state index contributed by atoms with van der Waals surface area (Å²) in [6.07, 6.45) is 7.85. The molecule has 0 amide bonds. The van der Waals surface area contributed by atoms with E-state index >= 15 is 0 Å². The lowest BCUT2D eigenvalue weighted by molar-refractivity contribution is 0.159. The molecule has 2 aromatic carbocycles. The van der Waals surface area contributed by atoms with E-state index in [9.17, 15) is 4.39 Å². The van der Waals surface area contributed by atoms with E-state index in [0.29, 0.717) is 29.0 Å². The van der Waals surface area contributed by atoms with Gasteiger partial charge in [0.25, 0.3) is 0 Å². The number of halogens is 1. The van der Waals surface area contributed by atoms with Crippen molar-refractivity contribution in [2.24, 2.45) is 5.41 Å². The van der Waals surface area contributed by atoms with Crippen LogP contribution in [0.1, 0.15) is 70.8 Å². The van der Waals surface area contributed by atoms with Gasteiger partial charge in [0, 0.05) is 5.30 Å². The average molecular weight is 386 g/mol. The summed E-state index contributed by atoms with van der Waals surface area (Å²) in [5, 5.41) is 0.571. The Bertz CT molecular complexity index is 755. The van der Waals surface area contributed by atoms with Gasteiger partial charge in [0.1, 0.15) is 0 Å². The summed E-state index contributed by atoms with van der Waals surface area (Å²) in [6, 6.07) is 12.4. The highest BCUT2D eigenvalue weighted by atomic mass is 31.0. The molecule has 27 heavy (non-hydrogen) atoms. The normalized spacial score (nSPS) is 17.1. The topological polar surface area (TPSA) is 9.23 Å². The number of rotatable bonds is 6. The summed E-state index contributed by atoms with van der Waals surface area (Å²) in [5.41, 5.74) is 3.96. The van der Waals surface area contributed by atoms with Crippen LogP contribution in [0, 0.1) is 11.2 Å². The van der Waals surface area contributed by atoms with E-state index in [1.54, 1.807) is 6.07 Å². The number of benzene rings is 2. The average Bonchev–Trinajstić information content (AvgIpc) is 2.72. The highest BCUT2D eigenvalue weighted by Crippen LogP contribution is 2.47. The van der Waals surface area contributed by atoms with Crippen LogP contribution in [0.15, 0.2) is 36.4 Å². The van der Waals surface area contributed by atoms with Gasteiger partial charge in [-0.05, 0) is 72.8 Å². The maximum absolute atomic E-state index is 14.5. The molecule has 1 saturated carbocycles. The summed E-state index contributed by atoms with van der Waals surface area (Å²) in [7, 11) is 2.53. The second-order valence-electron chi connectivity index (χ2n) is 7.88. The molecule has 1 nitrogen and oxygen atoms in total. The molecule has 0 heterocycles. The van der Waals surface area contributed by atoms with E-state index in [4.69, 9.17) is 4.74 Å². The van der Waals surface area contributed by atoms with Crippen LogP contribution in [0.3, 0.4) is 0 Å². The summed E-state index contributed by atoms with van der Waals surface area (Å²) >= 11 is 0. The molecule has 1 aliphatic rings. The Morgan fingerprint density at radius 2 is 1.63 bits per heavy atom. The van der Waals surface area contributed by atoms with Crippen LogP contribution in [-0.4, -0.2) is 6.61 Å². The Morgan fingerprint density at radius 3 is 2.19 bits per heavy atom.